The van der Waals surface area contributed by atoms with Crippen molar-refractivity contribution in [2.24, 2.45) is 0 Å². The van der Waals surface area contributed by atoms with E-state index in [2.05, 4.69) is 10.3 Å². The minimum absolute atomic E-state index is 0. The van der Waals surface area contributed by atoms with Gasteiger partial charge in [0.15, 0.2) is 0 Å². The number of amides is 1. The molecule has 0 bridgehead atoms. The molecule has 2 aliphatic heterocycles. The van der Waals surface area contributed by atoms with Gasteiger partial charge in [-0.25, -0.2) is 4.98 Å². The molecule has 8 heteroatoms. The number of piperidine rings is 1. The van der Waals surface area contributed by atoms with Crippen LogP contribution in [0.1, 0.15) is 30.4 Å². The highest BCUT2D eigenvalue weighted by molar-refractivity contribution is 7.09. The lowest BCUT2D eigenvalue weighted by molar-refractivity contribution is -0.141. The maximum Gasteiger partial charge on any atom is 0.239 e. The topological polar surface area (TPSA) is 54.5 Å². The van der Waals surface area contributed by atoms with E-state index in [1.807, 2.05) is 10.3 Å². The number of hydrogen-bond donors (Lipinski definition) is 1. The van der Waals surface area contributed by atoms with Gasteiger partial charge in [0.05, 0.1) is 19.2 Å². The third-order valence-corrected chi connectivity index (χ3v) is 4.58. The molecular formula is C13H21Cl2N3O2S. The van der Waals surface area contributed by atoms with E-state index in [-0.39, 0.29) is 42.9 Å². The molecule has 1 unspecified atom stereocenters. The summed E-state index contributed by atoms with van der Waals surface area (Å²) in [6.07, 6.45) is 5.00. The number of aromatic nitrogens is 1. The highest BCUT2D eigenvalue weighted by atomic mass is 35.5. The van der Waals surface area contributed by atoms with E-state index in [9.17, 15) is 4.79 Å². The van der Waals surface area contributed by atoms with E-state index < -0.39 is 0 Å². The number of rotatable bonds is 2. The third kappa shape index (κ3) is 4.53. The van der Waals surface area contributed by atoms with E-state index in [0.717, 1.165) is 24.4 Å². The number of ether oxygens (including phenoxy) is 1. The first-order valence-corrected chi connectivity index (χ1v) is 7.76. The normalized spacial score (nSPS) is 25.6. The first-order valence-electron chi connectivity index (χ1n) is 6.88. The van der Waals surface area contributed by atoms with Crippen molar-refractivity contribution < 1.29 is 9.53 Å². The van der Waals surface area contributed by atoms with Crippen molar-refractivity contribution >= 4 is 42.1 Å². The van der Waals surface area contributed by atoms with Crippen LogP contribution < -0.4 is 5.32 Å². The molecule has 0 aliphatic carbocycles. The highest BCUT2D eigenvalue weighted by Crippen LogP contribution is 2.24. The molecule has 2 fully saturated rings. The van der Waals surface area contributed by atoms with Gasteiger partial charge in [-0.15, -0.1) is 36.2 Å². The summed E-state index contributed by atoms with van der Waals surface area (Å²) in [6, 6.07) is 0.00351. The van der Waals surface area contributed by atoms with Crippen LogP contribution in [0, 0.1) is 0 Å². The summed E-state index contributed by atoms with van der Waals surface area (Å²) in [5.41, 5.74) is 0. The van der Waals surface area contributed by atoms with Crippen LogP contribution in [0.2, 0.25) is 0 Å². The van der Waals surface area contributed by atoms with Crippen molar-refractivity contribution in [3.8, 4) is 0 Å². The summed E-state index contributed by atoms with van der Waals surface area (Å²) in [5.74, 6) is 0.226. The zero-order valence-electron chi connectivity index (χ0n) is 11.7. The lowest BCUT2D eigenvalue weighted by Gasteiger charge is -2.35. The molecule has 1 aromatic heterocycles. The number of nitrogens with zero attached hydrogens (tertiary/aromatic N) is 2. The Kier molecular flexibility index (Phi) is 7.90. The molecule has 120 valence electrons. The van der Waals surface area contributed by atoms with Crippen molar-refractivity contribution in [2.75, 3.05) is 26.2 Å². The fraction of sp³-hybridized carbons (Fsp3) is 0.692. The van der Waals surface area contributed by atoms with Crippen LogP contribution in [0.4, 0.5) is 0 Å². The van der Waals surface area contributed by atoms with E-state index in [1.54, 1.807) is 17.5 Å². The predicted molar refractivity (Wildman–Crippen MR) is 87.5 cm³/mol. The summed E-state index contributed by atoms with van der Waals surface area (Å²) in [6.45, 7) is 2.88. The summed E-state index contributed by atoms with van der Waals surface area (Å²) >= 11 is 1.59. The van der Waals surface area contributed by atoms with E-state index in [1.165, 1.54) is 6.42 Å². The minimum Gasteiger partial charge on any atom is -0.367 e. The van der Waals surface area contributed by atoms with Gasteiger partial charge in [0, 0.05) is 18.1 Å². The molecule has 5 nitrogen and oxygen atoms in total. The van der Waals surface area contributed by atoms with Crippen LogP contribution in [-0.4, -0.2) is 48.1 Å². The third-order valence-electron chi connectivity index (χ3n) is 3.71. The van der Waals surface area contributed by atoms with E-state index in [0.29, 0.717) is 19.7 Å². The fourth-order valence-electron chi connectivity index (χ4n) is 2.68. The Bertz CT molecular complexity index is 427. The van der Waals surface area contributed by atoms with Gasteiger partial charge in [-0.1, -0.05) is 6.42 Å². The van der Waals surface area contributed by atoms with Gasteiger partial charge in [0.25, 0.3) is 0 Å². The van der Waals surface area contributed by atoms with Gasteiger partial charge in [-0.2, -0.15) is 0 Å². The van der Waals surface area contributed by atoms with Crippen molar-refractivity contribution in [1.29, 1.82) is 0 Å². The van der Waals surface area contributed by atoms with Crippen molar-refractivity contribution in [1.82, 2.24) is 15.2 Å². The summed E-state index contributed by atoms with van der Waals surface area (Å²) in [4.78, 5) is 18.7. The Balaban J connectivity index is 0.00000110. The number of hydrogen-bond acceptors (Lipinski definition) is 5. The zero-order chi connectivity index (χ0) is 13.1. The second-order valence-corrected chi connectivity index (χ2v) is 5.94. The van der Waals surface area contributed by atoms with Crippen LogP contribution in [0.3, 0.4) is 0 Å². The van der Waals surface area contributed by atoms with Gasteiger partial charge in [0.1, 0.15) is 11.1 Å². The van der Waals surface area contributed by atoms with Gasteiger partial charge in [-0.3, -0.25) is 4.79 Å². The molecule has 2 atom stereocenters. The number of nitrogens with one attached hydrogen (secondary N) is 1. The summed E-state index contributed by atoms with van der Waals surface area (Å²) in [7, 11) is 0. The SMILES string of the molecule is Cl.Cl.O=C([C@H]1CCCCN1)N1CCOC(c2nccs2)C1. The van der Waals surface area contributed by atoms with Gasteiger partial charge >= 0.3 is 0 Å². The van der Waals surface area contributed by atoms with Gasteiger partial charge in [0.2, 0.25) is 5.91 Å². The number of halogens is 2. The first kappa shape index (κ1) is 18.6. The molecule has 0 radical (unpaired) electrons. The average Bonchev–Trinajstić information content (AvgIpc) is 3.02. The lowest BCUT2D eigenvalue weighted by Crippen LogP contribution is -2.52. The van der Waals surface area contributed by atoms with E-state index >= 15 is 0 Å². The molecule has 3 heterocycles. The molecule has 3 rings (SSSR count). The monoisotopic (exact) mass is 353 g/mol. The molecule has 2 saturated heterocycles. The molecule has 2 aliphatic rings. The molecule has 1 aromatic rings. The Morgan fingerprint density at radius 3 is 2.95 bits per heavy atom. The number of thiazole rings is 1. The second kappa shape index (κ2) is 8.90. The van der Waals surface area contributed by atoms with Crippen LogP contribution in [-0.2, 0) is 9.53 Å². The predicted octanol–water partition coefficient (Wildman–Crippen LogP) is 2.03. The number of carbonyl (C=O) groups is 1. The molecule has 1 N–H and O–H groups in total. The zero-order valence-corrected chi connectivity index (χ0v) is 14.1. The standard InChI is InChI=1S/C13H19N3O2S.2ClH/c17-13(10-3-1-2-4-14-10)16-6-7-18-11(9-16)12-15-5-8-19-12;;/h5,8,10-11,14H,1-4,6-7,9H2;2*1H/t10-,11?;;/m1../s1. The van der Waals surface area contributed by atoms with Crippen LogP contribution >= 0.6 is 36.2 Å². The second-order valence-electron chi connectivity index (χ2n) is 5.02. The van der Waals surface area contributed by atoms with Crippen LogP contribution in [0.15, 0.2) is 11.6 Å². The number of morpholine rings is 1. The first-order chi connectivity index (χ1) is 9.34. The Hall–Kier alpha value is -0.400. The lowest BCUT2D eigenvalue weighted by atomic mass is 10.0. The maximum absolute atomic E-state index is 12.5. The maximum atomic E-state index is 12.5. The molecule has 1 amide bonds. The minimum atomic E-state index is -0.0544. The molecular weight excluding hydrogens is 333 g/mol. The Morgan fingerprint density at radius 1 is 1.43 bits per heavy atom. The number of carbonyl (C=O) groups excluding carboxylic acids is 1. The van der Waals surface area contributed by atoms with Gasteiger partial charge < -0.3 is 15.0 Å². The van der Waals surface area contributed by atoms with Gasteiger partial charge in [-0.05, 0) is 19.4 Å². The Morgan fingerprint density at radius 2 is 2.29 bits per heavy atom. The van der Waals surface area contributed by atoms with Crippen molar-refractivity contribution in [3.05, 3.63) is 16.6 Å². The van der Waals surface area contributed by atoms with Crippen molar-refractivity contribution in [2.45, 2.75) is 31.4 Å². The van der Waals surface area contributed by atoms with Crippen LogP contribution in [0.5, 0.6) is 0 Å². The molecule has 0 aromatic carbocycles. The quantitative estimate of drug-likeness (QED) is 0.883. The van der Waals surface area contributed by atoms with Crippen molar-refractivity contribution in [3.63, 3.8) is 0 Å². The Labute approximate surface area is 141 Å². The summed E-state index contributed by atoms with van der Waals surface area (Å²) < 4.78 is 5.72. The average molecular weight is 354 g/mol. The highest BCUT2D eigenvalue weighted by Gasteiger charge is 2.31. The largest absolute Gasteiger partial charge is 0.367 e. The smallest absolute Gasteiger partial charge is 0.239 e. The van der Waals surface area contributed by atoms with E-state index in [4.69, 9.17) is 4.74 Å². The molecule has 0 spiro atoms. The summed E-state index contributed by atoms with van der Waals surface area (Å²) in [5, 5.41) is 6.23. The molecule has 21 heavy (non-hydrogen) atoms. The van der Waals surface area contributed by atoms with Crippen LogP contribution in [0.25, 0.3) is 0 Å². The molecule has 0 saturated carbocycles. The fourth-order valence-corrected chi connectivity index (χ4v) is 3.35.